The van der Waals surface area contributed by atoms with Crippen molar-refractivity contribution in [2.75, 3.05) is 5.32 Å². The van der Waals surface area contributed by atoms with Crippen LogP contribution in [-0.4, -0.2) is 20.9 Å². The molecule has 7 nitrogen and oxygen atoms in total. The zero-order valence-electron chi connectivity index (χ0n) is 18.5. The summed E-state index contributed by atoms with van der Waals surface area (Å²) in [5, 5.41) is 5.69. The zero-order chi connectivity index (χ0) is 23.4. The molecule has 2 aromatic carbocycles. The van der Waals surface area contributed by atoms with Gasteiger partial charge in [0.2, 0.25) is 5.91 Å². The van der Waals surface area contributed by atoms with Crippen molar-refractivity contribution in [3.8, 4) is 11.3 Å². The van der Waals surface area contributed by atoms with E-state index in [2.05, 4.69) is 10.5 Å². The van der Waals surface area contributed by atoms with Gasteiger partial charge in [-0.25, -0.2) is 0 Å². The molecular formula is C24H29N2O5P. The normalized spacial score (nSPS) is 12.0. The summed E-state index contributed by atoms with van der Waals surface area (Å²) in [5.41, 5.74) is 3.73. The van der Waals surface area contributed by atoms with Gasteiger partial charge < -0.3 is 19.6 Å². The molecular weight excluding hydrogens is 427 g/mol. The Balaban J connectivity index is 1.68. The number of carbonyl (C=O) groups is 1. The van der Waals surface area contributed by atoms with Crippen molar-refractivity contribution in [1.82, 2.24) is 5.16 Å². The first kappa shape index (κ1) is 23.9. The number of carbonyl (C=O) groups excluding carboxylic acids is 1. The van der Waals surface area contributed by atoms with Crippen LogP contribution >= 0.6 is 7.60 Å². The number of anilines is 1. The molecule has 3 aromatic rings. The maximum Gasteiger partial charge on any atom is 0.335 e. The van der Waals surface area contributed by atoms with Gasteiger partial charge >= 0.3 is 7.60 Å². The van der Waals surface area contributed by atoms with E-state index >= 15 is 0 Å². The Hall–Kier alpha value is -2.73. The highest BCUT2D eigenvalue weighted by atomic mass is 31.2. The van der Waals surface area contributed by atoms with Gasteiger partial charge in [0.05, 0.1) is 10.9 Å². The summed E-state index contributed by atoms with van der Waals surface area (Å²) in [6.45, 7) is 5.40. The van der Waals surface area contributed by atoms with E-state index < -0.39 is 12.8 Å². The van der Waals surface area contributed by atoms with Crippen molar-refractivity contribution in [1.29, 1.82) is 0 Å². The molecule has 3 rings (SSSR count). The number of aryl methyl sites for hydroxylation is 1. The molecule has 0 radical (unpaired) electrons. The van der Waals surface area contributed by atoms with E-state index in [4.69, 9.17) is 4.52 Å². The minimum Gasteiger partial charge on any atom is -0.356 e. The highest BCUT2D eigenvalue weighted by molar-refractivity contribution is 7.53. The maximum atomic E-state index is 12.5. The third-order valence-electron chi connectivity index (χ3n) is 6.06. The van der Waals surface area contributed by atoms with Gasteiger partial charge in [0, 0.05) is 23.2 Å². The largest absolute Gasteiger partial charge is 0.356 e. The van der Waals surface area contributed by atoms with Crippen molar-refractivity contribution in [3.63, 3.8) is 0 Å². The predicted octanol–water partition coefficient (Wildman–Crippen LogP) is 5.41. The van der Waals surface area contributed by atoms with Crippen molar-refractivity contribution < 1.29 is 23.7 Å². The summed E-state index contributed by atoms with van der Waals surface area (Å²) in [7, 11) is -4.35. The van der Waals surface area contributed by atoms with Gasteiger partial charge in [-0.1, -0.05) is 61.5 Å². The quantitative estimate of drug-likeness (QED) is 0.371. The number of aromatic nitrogens is 1. The molecule has 1 aromatic heterocycles. The molecule has 0 saturated heterocycles. The van der Waals surface area contributed by atoms with Crippen molar-refractivity contribution in [2.45, 2.75) is 51.6 Å². The lowest BCUT2D eigenvalue weighted by Gasteiger charge is -2.33. The van der Waals surface area contributed by atoms with E-state index in [1.165, 1.54) is 0 Å². The standard InChI is InChI=1S/C24H29N2O5P/c1-4-24(5-2,32(28,29)30)19-11-13-20(14-12-19)25-22(27)16-15-21-17(3)26-31-23(21)18-9-7-6-8-10-18/h6-14H,4-5,15-16H2,1-3H3,(H,25,27)(H2,28,29,30). The van der Waals surface area contributed by atoms with Crippen molar-refractivity contribution in [2.24, 2.45) is 0 Å². The average molecular weight is 456 g/mol. The molecule has 8 heteroatoms. The first-order valence-corrected chi connectivity index (χ1v) is 12.3. The van der Waals surface area contributed by atoms with E-state index in [9.17, 15) is 19.1 Å². The van der Waals surface area contributed by atoms with Gasteiger partial charge in [-0.05, 0) is 43.9 Å². The Morgan fingerprint density at radius 2 is 1.69 bits per heavy atom. The fourth-order valence-electron chi connectivity index (χ4n) is 4.06. The van der Waals surface area contributed by atoms with Crippen LogP contribution in [0.3, 0.4) is 0 Å². The Kier molecular flexibility index (Phi) is 7.34. The molecule has 0 aliphatic heterocycles. The summed E-state index contributed by atoms with van der Waals surface area (Å²) < 4.78 is 17.6. The Labute approximate surface area is 188 Å². The van der Waals surface area contributed by atoms with E-state index in [0.29, 0.717) is 36.3 Å². The minimum absolute atomic E-state index is 0.162. The second-order valence-corrected chi connectivity index (χ2v) is 9.79. The van der Waals surface area contributed by atoms with Crippen LogP contribution in [0.2, 0.25) is 0 Å². The summed E-state index contributed by atoms with van der Waals surface area (Å²) in [4.78, 5) is 32.4. The summed E-state index contributed by atoms with van der Waals surface area (Å²) >= 11 is 0. The molecule has 1 amide bonds. The number of amides is 1. The Morgan fingerprint density at radius 1 is 1.06 bits per heavy atom. The van der Waals surface area contributed by atoms with Gasteiger partial charge in [-0.3, -0.25) is 9.36 Å². The molecule has 0 unspecified atom stereocenters. The van der Waals surface area contributed by atoms with Crippen LogP contribution in [0.1, 0.15) is 49.9 Å². The first-order chi connectivity index (χ1) is 15.2. The predicted molar refractivity (Wildman–Crippen MR) is 124 cm³/mol. The zero-order valence-corrected chi connectivity index (χ0v) is 19.4. The van der Waals surface area contributed by atoms with Gasteiger partial charge in [-0.15, -0.1) is 0 Å². The highest BCUT2D eigenvalue weighted by Gasteiger charge is 2.45. The molecule has 1 heterocycles. The summed E-state index contributed by atoms with van der Waals surface area (Å²) in [6.07, 6.45) is 1.37. The van der Waals surface area contributed by atoms with Crippen LogP contribution < -0.4 is 5.32 Å². The third-order valence-corrected chi connectivity index (χ3v) is 8.06. The molecule has 0 bridgehead atoms. The molecule has 0 saturated carbocycles. The van der Waals surface area contributed by atoms with Crippen molar-refractivity contribution in [3.05, 3.63) is 71.4 Å². The molecule has 0 atom stereocenters. The first-order valence-electron chi connectivity index (χ1n) is 10.7. The van der Waals surface area contributed by atoms with Gasteiger partial charge in [0.15, 0.2) is 5.76 Å². The molecule has 3 N–H and O–H groups in total. The molecule has 170 valence electrons. The molecule has 0 aliphatic rings. The van der Waals surface area contributed by atoms with E-state index in [1.807, 2.05) is 37.3 Å². The number of rotatable bonds is 9. The van der Waals surface area contributed by atoms with Crippen LogP contribution in [-0.2, 0) is 20.9 Å². The van der Waals surface area contributed by atoms with E-state index in [-0.39, 0.29) is 12.3 Å². The number of nitrogens with zero attached hydrogens (tertiary/aromatic N) is 1. The number of nitrogens with one attached hydrogen (secondary N) is 1. The second kappa shape index (κ2) is 9.82. The smallest absolute Gasteiger partial charge is 0.335 e. The Morgan fingerprint density at radius 3 is 2.25 bits per heavy atom. The highest BCUT2D eigenvalue weighted by Crippen LogP contribution is 2.60. The second-order valence-electron chi connectivity index (χ2n) is 7.85. The lowest BCUT2D eigenvalue weighted by Crippen LogP contribution is -2.24. The monoisotopic (exact) mass is 456 g/mol. The van der Waals surface area contributed by atoms with Crippen LogP contribution in [0.5, 0.6) is 0 Å². The molecule has 32 heavy (non-hydrogen) atoms. The van der Waals surface area contributed by atoms with E-state index in [0.717, 1.165) is 16.8 Å². The summed E-state index contributed by atoms with van der Waals surface area (Å²) in [5.74, 6) is 0.512. The van der Waals surface area contributed by atoms with Gasteiger partial charge in [0.1, 0.15) is 0 Å². The van der Waals surface area contributed by atoms with Crippen molar-refractivity contribution >= 4 is 19.2 Å². The molecule has 0 fully saturated rings. The van der Waals surface area contributed by atoms with Gasteiger partial charge in [-0.2, -0.15) is 0 Å². The molecule has 0 aliphatic carbocycles. The van der Waals surface area contributed by atoms with Crippen LogP contribution in [0.25, 0.3) is 11.3 Å². The SMILES string of the molecule is CCC(CC)(c1ccc(NC(=O)CCc2c(C)noc2-c2ccccc2)cc1)P(=O)(O)O. The lowest BCUT2D eigenvalue weighted by molar-refractivity contribution is -0.116. The van der Waals surface area contributed by atoms with Crippen LogP contribution in [0.15, 0.2) is 59.1 Å². The topological polar surface area (TPSA) is 113 Å². The summed E-state index contributed by atoms with van der Waals surface area (Å²) in [6, 6.07) is 16.4. The van der Waals surface area contributed by atoms with E-state index in [1.54, 1.807) is 38.1 Å². The Bertz CT molecular complexity index is 1100. The lowest BCUT2D eigenvalue weighted by atomic mass is 9.92. The number of hydrogen-bond donors (Lipinski definition) is 3. The minimum atomic E-state index is -4.35. The fraction of sp³-hybridized carbons (Fsp3) is 0.333. The van der Waals surface area contributed by atoms with Crippen LogP contribution in [0.4, 0.5) is 5.69 Å². The maximum absolute atomic E-state index is 12.5. The molecule has 0 spiro atoms. The third kappa shape index (κ3) is 4.85. The average Bonchev–Trinajstić information content (AvgIpc) is 3.14. The fourth-order valence-corrected chi connectivity index (χ4v) is 5.37. The number of hydrogen-bond acceptors (Lipinski definition) is 4. The number of benzene rings is 2. The van der Waals surface area contributed by atoms with Gasteiger partial charge in [0.25, 0.3) is 0 Å². The van der Waals surface area contributed by atoms with Crippen LogP contribution in [0, 0.1) is 6.92 Å².